The van der Waals surface area contributed by atoms with Crippen LogP contribution in [0.15, 0.2) is 22.8 Å². The summed E-state index contributed by atoms with van der Waals surface area (Å²) in [6.07, 6.45) is 3.38. The van der Waals surface area contributed by atoms with Crippen molar-refractivity contribution < 1.29 is 19.1 Å². The van der Waals surface area contributed by atoms with E-state index in [0.717, 1.165) is 11.1 Å². The average Bonchev–Trinajstić information content (AvgIpc) is 2.68. The summed E-state index contributed by atoms with van der Waals surface area (Å²) in [5.41, 5.74) is 0.932. The molecule has 0 radical (unpaired) electrons. The molecule has 0 amide bonds. The van der Waals surface area contributed by atoms with Crippen LogP contribution in [0.4, 0.5) is 0 Å². The highest BCUT2D eigenvalue weighted by Gasteiger charge is 2.50. The van der Waals surface area contributed by atoms with Crippen molar-refractivity contribution in [2.45, 2.75) is 72.8 Å². The van der Waals surface area contributed by atoms with E-state index in [2.05, 4.69) is 0 Å². The Hall–Kier alpha value is -1.71. The number of ether oxygens (including phenoxy) is 1. The maximum atomic E-state index is 12.9. The second kappa shape index (κ2) is 6.30. The van der Waals surface area contributed by atoms with Gasteiger partial charge in [0.1, 0.15) is 0 Å². The van der Waals surface area contributed by atoms with Gasteiger partial charge < -0.3 is 4.74 Å². The first kappa shape index (κ1) is 18.6. The molecule has 1 saturated carbocycles. The summed E-state index contributed by atoms with van der Waals surface area (Å²) in [7, 11) is 0. The lowest BCUT2D eigenvalue weighted by Crippen LogP contribution is -2.41. The highest BCUT2D eigenvalue weighted by Crippen LogP contribution is 2.51. The van der Waals surface area contributed by atoms with Crippen LogP contribution in [0.3, 0.4) is 0 Å². The molecule has 2 rings (SSSR count). The Bertz CT molecular complexity index is 653. The van der Waals surface area contributed by atoms with Crippen molar-refractivity contribution >= 4 is 17.5 Å². The molecular weight excluding hydrogens is 304 g/mol. The van der Waals surface area contributed by atoms with E-state index >= 15 is 0 Å². The van der Waals surface area contributed by atoms with E-state index in [4.69, 9.17) is 4.74 Å². The van der Waals surface area contributed by atoms with Gasteiger partial charge in [-0.05, 0) is 45.1 Å². The minimum absolute atomic E-state index is 0.0879. The van der Waals surface area contributed by atoms with Gasteiger partial charge in [-0.2, -0.15) is 0 Å². The molecule has 4 heteroatoms. The predicted molar refractivity (Wildman–Crippen MR) is 92.4 cm³/mol. The number of rotatable bonds is 3. The van der Waals surface area contributed by atoms with Crippen LogP contribution in [0.5, 0.6) is 0 Å². The molecule has 0 saturated heterocycles. The largest absolute Gasteiger partial charge is 0.448 e. The molecular formula is C20H28O4. The van der Waals surface area contributed by atoms with Gasteiger partial charge in [-0.25, -0.2) is 4.79 Å². The monoisotopic (exact) mass is 332 g/mol. The molecule has 24 heavy (non-hydrogen) atoms. The highest BCUT2D eigenvalue weighted by molar-refractivity contribution is 6.02. The summed E-state index contributed by atoms with van der Waals surface area (Å²) in [6.45, 7) is 11.2. The van der Waals surface area contributed by atoms with Crippen molar-refractivity contribution in [2.24, 2.45) is 11.3 Å². The van der Waals surface area contributed by atoms with Gasteiger partial charge in [0.15, 0.2) is 17.2 Å². The van der Waals surface area contributed by atoms with Crippen molar-refractivity contribution in [1.29, 1.82) is 0 Å². The Morgan fingerprint density at radius 2 is 1.83 bits per heavy atom. The smallest absolute Gasteiger partial charge is 0.334 e. The Labute approximate surface area is 144 Å². The lowest BCUT2D eigenvalue weighted by atomic mass is 9.78. The second-order valence-corrected chi connectivity index (χ2v) is 7.90. The Kier molecular flexibility index (Phi) is 4.89. The van der Waals surface area contributed by atoms with Crippen molar-refractivity contribution in [3.8, 4) is 0 Å². The summed E-state index contributed by atoms with van der Waals surface area (Å²) < 4.78 is 5.59. The van der Waals surface area contributed by atoms with Crippen LogP contribution in [-0.4, -0.2) is 23.1 Å². The molecule has 1 fully saturated rings. The van der Waals surface area contributed by atoms with Crippen LogP contribution in [-0.2, 0) is 19.1 Å². The number of esters is 1. The average molecular weight is 332 g/mol. The summed E-state index contributed by atoms with van der Waals surface area (Å²) in [5.74, 6) is -0.211. The summed E-state index contributed by atoms with van der Waals surface area (Å²) in [4.78, 5) is 37.4. The molecule has 0 heterocycles. The molecule has 4 nitrogen and oxygen atoms in total. The Morgan fingerprint density at radius 1 is 1.21 bits per heavy atom. The van der Waals surface area contributed by atoms with Crippen molar-refractivity contribution in [2.75, 3.05) is 0 Å². The van der Waals surface area contributed by atoms with Crippen LogP contribution in [0.1, 0.15) is 67.2 Å². The van der Waals surface area contributed by atoms with Gasteiger partial charge in [0.05, 0.1) is 0 Å². The van der Waals surface area contributed by atoms with Gasteiger partial charge in [0.25, 0.3) is 0 Å². The number of carbonyl (C=O) groups is 3. The van der Waals surface area contributed by atoms with E-state index in [1.807, 2.05) is 20.8 Å². The van der Waals surface area contributed by atoms with Gasteiger partial charge in [0.2, 0.25) is 0 Å². The van der Waals surface area contributed by atoms with Crippen LogP contribution in [0.25, 0.3) is 0 Å². The molecule has 2 aliphatic carbocycles. The minimum atomic E-state index is -1.12. The number of hydrogen-bond donors (Lipinski definition) is 0. The summed E-state index contributed by atoms with van der Waals surface area (Å²) in [6, 6.07) is 0. The molecule has 2 aliphatic rings. The number of Topliss-reactive ketones (excluding diaryl/α,β-unsaturated/α-hetero) is 2. The summed E-state index contributed by atoms with van der Waals surface area (Å²) >= 11 is 0. The van der Waals surface area contributed by atoms with Crippen molar-refractivity contribution in [3.05, 3.63) is 22.8 Å². The van der Waals surface area contributed by atoms with Gasteiger partial charge in [-0.3, -0.25) is 9.59 Å². The second-order valence-electron chi connectivity index (χ2n) is 7.90. The van der Waals surface area contributed by atoms with E-state index < -0.39 is 17.0 Å². The third-order valence-corrected chi connectivity index (χ3v) is 5.55. The molecule has 0 spiro atoms. The quantitative estimate of drug-likeness (QED) is 0.580. The third-order valence-electron chi connectivity index (χ3n) is 5.55. The first-order valence-electron chi connectivity index (χ1n) is 8.70. The molecule has 0 N–H and O–H groups in total. The minimum Gasteiger partial charge on any atom is -0.448 e. The fraction of sp³-hybridized carbons (Fsp3) is 0.650. The van der Waals surface area contributed by atoms with Crippen molar-refractivity contribution in [3.63, 3.8) is 0 Å². The van der Waals surface area contributed by atoms with Crippen molar-refractivity contribution in [1.82, 2.24) is 0 Å². The first-order chi connectivity index (χ1) is 11.0. The number of hydrogen-bond acceptors (Lipinski definition) is 4. The zero-order valence-corrected chi connectivity index (χ0v) is 15.6. The lowest BCUT2D eigenvalue weighted by molar-refractivity contribution is -0.163. The summed E-state index contributed by atoms with van der Waals surface area (Å²) in [5, 5.41) is 0. The highest BCUT2D eigenvalue weighted by atomic mass is 16.6. The van der Waals surface area contributed by atoms with Gasteiger partial charge in [-0.1, -0.05) is 32.4 Å². The van der Waals surface area contributed by atoms with Crippen LogP contribution >= 0.6 is 0 Å². The number of allylic oxidation sites excluding steroid dienone is 3. The zero-order chi connectivity index (χ0) is 18.3. The molecule has 0 aromatic carbocycles. The number of carbonyl (C=O) groups excluding carboxylic acids is 3. The maximum Gasteiger partial charge on any atom is 0.334 e. The lowest BCUT2D eigenvalue weighted by Gasteiger charge is -2.28. The molecule has 0 aromatic rings. The van der Waals surface area contributed by atoms with Gasteiger partial charge in [-0.15, -0.1) is 0 Å². The van der Waals surface area contributed by atoms with E-state index in [9.17, 15) is 14.4 Å². The number of fused-ring (bicyclic) bond motifs is 1. The Balaban J connectivity index is 2.37. The molecule has 0 unspecified atom stereocenters. The Morgan fingerprint density at radius 3 is 2.38 bits per heavy atom. The molecule has 0 aromatic heterocycles. The number of ketones is 2. The molecule has 0 aliphatic heterocycles. The van der Waals surface area contributed by atoms with Crippen LogP contribution < -0.4 is 0 Å². The van der Waals surface area contributed by atoms with E-state index in [1.54, 1.807) is 26.8 Å². The fourth-order valence-electron chi connectivity index (χ4n) is 3.88. The van der Waals surface area contributed by atoms with E-state index in [1.165, 1.54) is 0 Å². The van der Waals surface area contributed by atoms with Gasteiger partial charge in [0, 0.05) is 23.8 Å². The van der Waals surface area contributed by atoms with E-state index in [-0.39, 0.29) is 23.9 Å². The molecule has 0 bridgehead atoms. The van der Waals surface area contributed by atoms with Crippen LogP contribution in [0.2, 0.25) is 0 Å². The normalized spacial score (nSPS) is 31.4. The predicted octanol–water partition coefficient (Wildman–Crippen LogP) is 3.94. The third kappa shape index (κ3) is 3.11. The fourth-order valence-corrected chi connectivity index (χ4v) is 3.88. The first-order valence-corrected chi connectivity index (χ1v) is 8.70. The SMILES string of the molecule is C/C=C(/C)C(=O)O[C@]1(C)CCC2=C(C(C)C)C(=O)C[C@@]2(C)CC1=O. The maximum absolute atomic E-state index is 12.9. The van der Waals surface area contributed by atoms with E-state index in [0.29, 0.717) is 24.8 Å². The topological polar surface area (TPSA) is 60.4 Å². The molecule has 132 valence electrons. The zero-order valence-electron chi connectivity index (χ0n) is 15.6. The van der Waals surface area contributed by atoms with Gasteiger partial charge >= 0.3 is 5.97 Å². The molecule has 2 atom stereocenters. The van der Waals surface area contributed by atoms with Crippen LogP contribution in [0, 0.1) is 11.3 Å². The standard InChI is InChI=1S/C20H28O4/c1-7-13(4)18(23)24-20(6)9-8-14-17(12(2)3)15(21)10-19(14,5)11-16(20)22/h7,12H,8-11H2,1-6H3/b13-7-/t19-,20+/m0/s1.